The van der Waals surface area contributed by atoms with Crippen LogP contribution in [0.15, 0.2) is 29.5 Å². The molecule has 3 N–H and O–H groups in total. The smallest absolute Gasteiger partial charge is 0.408 e. The van der Waals surface area contributed by atoms with Gasteiger partial charge in [-0.25, -0.2) is 9.59 Å². The van der Waals surface area contributed by atoms with E-state index in [1.54, 1.807) is 39.0 Å². The molecule has 3 atom stereocenters. The molecule has 210 valence electrons. The fraction of sp³-hybridized carbons (Fsp3) is 0.480. The molecular formula is C25H29N3O10S. The molecule has 4 rings (SSSR count). The van der Waals surface area contributed by atoms with Crippen molar-refractivity contribution in [3.8, 4) is 11.5 Å². The van der Waals surface area contributed by atoms with Crippen LogP contribution < -0.4 is 20.1 Å². The van der Waals surface area contributed by atoms with Crippen LogP contribution >= 0.6 is 11.8 Å². The summed E-state index contributed by atoms with van der Waals surface area (Å²) in [5.74, 6) is -2.08. The molecule has 0 radical (unpaired) electrons. The number of fused-ring (bicyclic) bond motifs is 2. The number of benzene rings is 1. The van der Waals surface area contributed by atoms with E-state index < -0.39 is 52.9 Å². The van der Waals surface area contributed by atoms with Gasteiger partial charge in [0, 0.05) is 30.2 Å². The number of alkyl carbamates (subject to hydrolysis) is 1. The summed E-state index contributed by atoms with van der Waals surface area (Å²) >= 11 is 1.23. The van der Waals surface area contributed by atoms with E-state index in [1.807, 2.05) is 0 Å². The Labute approximate surface area is 228 Å². The van der Waals surface area contributed by atoms with Gasteiger partial charge < -0.3 is 34.7 Å². The molecular weight excluding hydrogens is 534 g/mol. The van der Waals surface area contributed by atoms with Gasteiger partial charge >= 0.3 is 18.0 Å². The van der Waals surface area contributed by atoms with E-state index in [0.29, 0.717) is 17.1 Å². The van der Waals surface area contributed by atoms with Crippen LogP contribution in [-0.4, -0.2) is 82.1 Å². The van der Waals surface area contributed by atoms with Crippen LogP contribution in [0.1, 0.15) is 33.3 Å². The summed E-state index contributed by atoms with van der Waals surface area (Å²) in [6.45, 7) is 6.01. The summed E-state index contributed by atoms with van der Waals surface area (Å²) in [7, 11) is 0. The molecule has 0 aliphatic carbocycles. The van der Waals surface area contributed by atoms with Crippen molar-refractivity contribution in [2.45, 2.75) is 57.2 Å². The summed E-state index contributed by atoms with van der Waals surface area (Å²) in [6.07, 6.45) is -0.820. The molecule has 3 amide bonds. The molecule has 3 aliphatic rings. The van der Waals surface area contributed by atoms with Gasteiger partial charge in [-0.15, -0.1) is 11.8 Å². The van der Waals surface area contributed by atoms with Crippen molar-refractivity contribution < 1.29 is 48.0 Å². The van der Waals surface area contributed by atoms with Crippen LogP contribution in [0.2, 0.25) is 0 Å². The number of carboxylic acids is 1. The standard InChI is InChI=1S/C25H29N3O10S/c1-12(29)35-9-14-10-39-22-17(21(31)28(22)18(14)23(32)33)27-20(30)15(26-24(34)38-25(2,3)4)8-13-6-5-7-16-19(13)37-11-36-16/h5-7,15,17,22H,8-11H2,1-4H3,(H,26,34)(H,27,30)(H,32,33)/t15?,17-,22-/m1/s1. The topological polar surface area (TPSA) is 170 Å². The molecule has 39 heavy (non-hydrogen) atoms. The number of para-hydroxylation sites is 1. The van der Waals surface area contributed by atoms with E-state index in [2.05, 4.69) is 10.6 Å². The molecule has 0 spiro atoms. The molecule has 1 unspecified atom stereocenters. The van der Waals surface area contributed by atoms with Crippen molar-refractivity contribution in [2.24, 2.45) is 0 Å². The number of hydrogen-bond acceptors (Lipinski definition) is 10. The van der Waals surface area contributed by atoms with Crippen LogP contribution in [0.3, 0.4) is 0 Å². The van der Waals surface area contributed by atoms with Gasteiger partial charge in [0.15, 0.2) is 11.5 Å². The Morgan fingerprint density at radius 3 is 2.64 bits per heavy atom. The number of carbonyl (C=O) groups is 5. The van der Waals surface area contributed by atoms with E-state index in [1.165, 1.54) is 18.7 Å². The highest BCUT2D eigenvalue weighted by Gasteiger charge is 2.54. The first kappa shape index (κ1) is 28.1. The van der Waals surface area contributed by atoms with Crippen LogP contribution in [0.25, 0.3) is 0 Å². The minimum absolute atomic E-state index is 0.00680. The minimum Gasteiger partial charge on any atom is -0.477 e. The van der Waals surface area contributed by atoms with Crippen molar-refractivity contribution in [1.82, 2.24) is 15.5 Å². The Kier molecular flexibility index (Phi) is 7.95. The quantitative estimate of drug-likeness (QED) is 0.306. The number of carbonyl (C=O) groups excluding carboxylic acids is 4. The third-order valence-electron chi connectivity index (χ3n) is 5.91. The van der Waals surface area contributed by atoms with Gasteiger partial charge in [0.2, 0.25) is 12.7 Å². The van der Waals surface area contributed by atoms with Gasteiger partial charge in [-0.1, -0.05) is 12.1 Å². The summed E-state index contributed by atoms with van der Waals surface area (Å²) in [4.78, 5) is 63.2. The second kappa shape index (κ2) is 11.0. The lowest BCUT2D eigenvalue weighted by molar-refractivity contribution is -0.151. The molecule has 1 fully saturated rings. The van der Waals surface area contributed by atoms with Crippen LogP contribution in [-0.2, 0) is 35.1 Å². The summed E-state index contributed by atoms with van der Waals surface area (Å²) in [5.41, 5.74) is -0.207. The van der Waals surface area contributed by atoms with Gasteiger partial charge in [0.1, 0.15) is 35.4 Å². The number of aliphatic carboxylic acids is 1. The molecule has 0 bridgehead atoms. The zero-order chi connectivity index (χ0) is 28.5. The monoisotopic (exact) mass is 563 g/mol. The first-order valence-corrected chi connectivity index (χ1v) is 13.1. The number of nitrogens with one attached hydrogen (secondary N) is 2. The van der Waals surface area contributed by atoms with Gasteiger partial charge in [-0.2, -0.15) is 0 Å². The maximum Gasteiger partial charge on any atom is 0.408 e. The van der Waals surface area contributed by atoms with Crippen molar-refractivity contribution in [3.05, 3.63) is 35.0 Å². The summed E-state index contributed by atoms with van der Waals surface area (Å²) in [6, 6.07) is 2.99. The Balaban J connectivity index is 1.51. The molecule has 0 saturated carbocycles. The highest BCUT2D eigenvalue weighted by molar-refractivity contribution is 8.00. The lowest BCUT2D eigenvalue weighted by Gasteiger charge is -2.49. The van der Waals surface area contributed by atoms with Gasteiger partial charge in [-0.3, -0.25) is 19.3 Å². The van der Waals surface area contributed by atoms with Crippen LogP contribution in [0, 0.1) is 0 Å². The second-order valence-corrected chi connectivity index (χ2v) is 11.1. The molecule has 3 heterocycles. The first-order chi connectivity index (χ1) is 18.4. The predicted octanol–water partition coefficient (Wildman–Crippen LogP) is 1.15. The van der Waals surface area contributed by atoms with E-state index >= 15 is 0 Å². The van der Waals surface area contributed by atoms with E-state index in [4.69, 9.17) is 18.9 Å². The number of ether oxygens (including phenoxy) is 4. The number of esters is 1. The highest BCUT2D eigenvalue weighted by atomic mass is 32.2. The van der Waals surface area contributed by atoms with Crippen molar-refractivity contribution >= 4 is 41.6 Å². The number of β-lactam (4-membered cyclic amide) rings is 1. The zero-order valence-corrected chi connectivity index (χ0v) is 22.6. The molecule has 3 aliphatic heterocycles. The van der Waals surface area contributed by atoms with Gasteiger partial charge in [-0.05, 0) is 26.8 Å². The Morgan fingerprint density at radius 1 is 1.23 bits per heavy atom. The predicted molar refractivity (Wildman–Crippen MR) is 136 cm³/mol. The number of thioether (sulfide) groups is 1. The molecule has 1 saturated heterocycles. The molecule has 13 nitrogen and oxygen atoms in total. The molecule has 1 aromatic rings. The molecule has 0 aromatic heterocycles. The van der Waals surface area contributed by atoms with E-state index in [9.17, 15) is 29.1 Å². The van der Waals surface area contributed by atoms with E-state index in [-0.39, 0.29) is 36.8 Å². The maximum absolute atomic E-state index is 13.4. The highest BCUT2D eigenvalue weighted by Crippen LogP contribution is 2.40. The average molecular weight is 564 g/mol. The third kappa shape index (κ3) is 6.21. The van der Waals surface area contributed by atoms with Crippen molar-refractivity contribution in [2.75, 3.05) is 19.2 Å². The van der Waals surface area contributed by atoms with Gasteiger partial charge in [0.25, 0.3) is 5.91 Å². The van der Waals surface area contributed by atoms with Gasteiger partial charge in [0.05, 0.1) is 0 Å². The Hall–Kier alpha value is -3.94. The lowest BCUT2D eigenvalue weighted by atomic mass is 10.0. The number of hydrogen-bond donors (Lipinski definition) is 3. The van der Waals surface area contributed by atoms with Crippen molar-refractivity contribution in [1.29, 1.82) is 0 Å². The Bertz CT molecular complexity index is 1240. The van der Waals surface area contributed by atoms with E-state index in [0.717, 1.165) is 4.90 Å². The summed E-state index contributed by atoms with van der Waals surface area (Å²) < 4.78 is 21.2. The largest absolute Gasteiger partial charge is 0.477 e. The zero-order valence-electron chi connectivity index (χ0n) is 21.8. The normalized spacial score (nSPS) is 20.4. The summed E-state index contributed by atoms with van der Waals surface area (Å²) in [5, 5.41) is 14.3. The minimum atomic E-state index is -1.34. The number of carboxylic acid groups (broad SMARTS) is 1. The number of nitrogens with zero attached hydrogens (tertiary/aromatic N) is 1. The number of amides is 3. The third-order valence-corrected chi connectivity index (χ3v) is 7.25. The fourth-order valence-corrected chi connectivity index (χ4v) is 5.59. The number of rotatable bonds is 8. The molecule has 1 aromatic carbocycles. The second-order valence-electron chi connectivity index (χ2n) is 9.99. The molecule has 14 heteroatoms. The fourth-order valence-electron chi connectivity index (χ4n) is 4.27. The van der Waals surface area contributed by atoms with Crippen LogP contribution in [0.4, 0.5) is 4.79 Å². The maximum atomic E-state index is 13.4. The first-order valence-electron chi connectivity index (χ1n) is 12.1. The SMILES string of the molecule is CC(=O)OCC1=C(C(=O)O)N2C(=O)[C@@H](NC(=O)C(Cc3cccc4c3OCO4)NC(=O)OC(C)(C)C)[C@H]2SC1. The van der Waals surface area contributed by atoms with Crippen LogP contribution in [0.5, 0.6) is 11.5 Å². The lowest BCUT2D eigenvalue weighted by Crippen LogP contribution is -2.71. The van der Waals surface area contributed by atoms with Crippen molar-refractivity contribution in [3.63, 3.8) is 0 Å². The average Bonchev–Trinajstić information content (AvgIpc) is 3.33. The Morgan fingerprint density at radius 2 is 1.97 bits per heavy atom.